The Morgan fingerprint density at radius 3 is 2.74 bits per heavy atom. The van der Waals surface area contributed by atoms with Crippen molar-refractivity contribution in [1.82, 2.24) is 9.88 Å². The van der Waals surface area contributed by atoms with E-state index in [0.29, 0.717) is 5.56 Å². The molecule has 0 saturated heterocycles. The van der Waals surface area contributed by atoms with Gasteiger partial charge in [-0.1, -0.05) is 6.07 Å². The molecule has 0 radical (unpaired) electrons. The van der Waals surface area contributed by atoms with Crippen molar-refractivity contribution in [1.29, 1.82) is 0 Å². The van der Waals surface area contributed by atoms with Crippen LogP contribution in [0.25, 0.3) is 10.9 Å². The first-order chi connectivity index (χ1) is 9.04. The van der Waals surface area contributed by atoms with E-state index in [2.05, 4.69) is 10.1 Å². The van der Waals surface area contributed by atoms with Crippen molar-refractivity contribution < 1.29 is 14.3 Å². The van der Waals surface area contributed by atoms with E-state index in [-0.39, 0.29) is 5.91 Å². The first-order valence-electron chi connectivity index (χ1n) is 5.97. The number of aryl methyl sites for hydroxylation is 1. The number of aromatic nitrogens is 1. The molecular formula is C14H16N2O3. The van der Waals surface area contributed by atoms with Gasteiger partial charge in [0.25, 0.3) is 5.91 Å². The first-order valence-corrected chi connectivity index (χ1v) is 5.97. The molecule has 2 rings (SSSR count). The number of nitrogens with one attached hydrogen (secondary N) is 1. The molecule has 1 unspecified atom stereocenters. The van der Waals surface area contributed by atoms with Crippen LogP contribution in [0.2, 0.25) is 0 Å². The zero-order valence-electron chi connectivity index (χ0n) is 11.1. The molecule has 0 bridgehead atoms. The van der Waals surface area contributed by atoms with Gasteiger partial charge in [-0.05, 0) is 25.1 Å². The van der Waals surface area contributed by atoms with E-state index < -0.39 is 12.0 Å². The summed E-state index contributed by atoms with van der Waals surface area (Å²) in [6.07, 6.45) is 1.89. The number of ether oxygens (including phenoxy) is 1. The van der Waals surface area contributed by atoms with Crippen molar-refractivity contribution in [3.8, 4) is 0 Å². The summed E-state index contributed by atoms with van der Waals surface area (Å²) in [5.74, 6) is -0.747. The maximum absolute atomic E-state index is 12.2. The maximum atomic E-state index is 12.2. The van der Waals surface area contributed by atoms with Gasteiger partial charge in [0.05, 0.1) is 7.11 Å². The lowest BCUT2D eigenvalue weighted by Gasteiger charge is -2.12. The number of carbonyl (C=O) groups is 2. The summed E-state index contributed by atoms with van der Waals surface area (Å²) in [6.45, 7) is 1.59. The molecule has 0 spiro atoms. The fraction of sp³-hybridized carbons (Fsp3) is 0.286. The summed E-state index contributed by atoms with van der Waals surface area (Å²) in [5, 5.41) is 3.49. The van der Waals surface area contributed by atoms with E-state index in [0.717, 1.165) is 10.9 Å². The summed E-state index contributed by atoms with van der Waals surface area (Å²) in [7, 11) is 3.21. The highest BCUT2D eigenvalue weighted by Crippen LogP contribution is 2.19. The van der Waals surface area contributed by atoms with Gasteiger partial charge in [0.1, 0.15) is 6.04 Å². The van der Waals surface area contributed by atoms with Gasteiger partial charge >= 0.3 is 5.97 Å². The zero-order chi connectivity index (χ0) is 14.0. The number of nitrogens with zero attached hydrogens (tertiary/aromatic N) is 1. The van der Waals surface area contributed by atoms with Crippen LogP contribution < -0.4 is 5.32 Å². The van der Waals surface area contributed by atoms with Gasteiger partial charge in [0, 0.05) is 29.7 Å². The largest absolute Gasteiger partial charge is 0.467 e. The fourth-order valence-corrected chi connectivity index (χ4v) is 2.01. The van der Waals surface area contributed by atoms with E-state index in [4.69, 9.17) is 0 Å². The van der Waals surface area contributed by atoms with Crippen LogP contribution in [-0.2, 0) is 16.6 Å². The molecule has 0 aliphatic carbocycles. The van der Waals surface area contributed by atoms with E-state index in [1.807, 2.05) is 36.0 Å². The Morgan fingerprint density at radius 1 is 1.32 bits per heavy atom. The molecule has 1 atom stereocenters. The van der Waals surface area contributed by atoms with Gasteiger partial charge in [-0.15, -0.1) is 0 Å². The molecule has 5 nitrogen and oxygen atoms in total. The number of benzene rings is 1. The molecule has 1 aromatic heterocycles. The number of amides is 1. The summed E-state index contributed by atoms with van der Waals surface area (Å²) < 4.78 is 6.52. The van der Waals surface area contributed by atoms with Crippen LogP contribution in [0.1, 0.15) is 17.3 Å². The predicted molar refractivity (Wildman–Crippen MR) is 71.9 cm³/mol. The van der Waals surface area contributed by atoms with Crippen molar-refractivity contribution in [2.45, 2.75) is 13.0 Å². The third kappa shape index (κ3) is 2.45. The molecule has 0 aliphatic rings. The van der Waals surface area contributed by atoms with Crippen LogP contribution >= 0.6 is 0 Å². The molecule has 5 heteroatoms. The average Bonchev–Trinajstić information content (AvgIpc) is 2.79. The van der Waals surface area contributed by atoms with Crippen LogP contribution in [0.3, 0.4) is 0 Å². The van der Waals surface area contributed by atoms with Gasteiger partial charge in [0.2, 0.25) is 0 Å². The highest BCUT2D eigenvalue weighted by atomic mass is 16.5. The molecular weight excluding hydrogens is 244 g/mol. The van der Waals surface area contributed by atoms with Crippen molar-refractivity contribution in [2.75, 3.05) is 7.11 Å². The Labute approximate surface area is 111 Å². The van der Waals surface area contributed by atoms with Crippen LogP contribution in [0, 0.1) is 0 Å². The number of methoxy groups -OCH3 is 1. The molecule has 1 amide bonds. The first kappa shape index (κ1) is 13.1. The summed E-state index contributed by atoms with van der Waals surface area (Å²) in [5.41, 5.74) is 1.52. The number of esters is 1. The Balaban J connectivity index is 2.29. The van der Waals surface area contributed by atoms with Crippen molar-refractivity contribution in [2.24, 2.45) is 7.05 Å². The second kappa shape index (κ2) is 5.14. The third-order valence-electron chi connectivity index (χ3n) is 3.07. The van der Waals surface area contributed by atoms with Crippen LogP contribution in [0.15, 0.2) is 30.5 Å². The number of fused-ring (bicyclic) bond motifs is 1. The van der Waals surface area contributed by atoms with Crippen molar-refractivity contribution in [3.63, 3.8) is 0 Å². The zero-order valence-corrected chi connectivity index (χ0v) is 11.1. The minimum Gasteiger partial charge on any atom is -0.467 e. The highest BCUT2D eigenvalue weighted by molar-refractivity contribution is 6.07. The number of hydrogen-bond acceptors (Lipinski definition) is 3. The average molecular weight is 260 g/mol. The molecule has 0 fully saturated rings. The van der Waals surface area contributed by atoms with Crippen LogP contribution in [-0.4, -0.2) is 29.6 Å². The number of hydrogen-bond donors (Lipinski definition) is 1. The Morgan fingerprint density at radius 2 is 2.05 bits per heavy atom. The van der Waals surface area contributed by atoms with Crippen molar-refractivity contribution in [3.05, 3.63) is 36.0 Å². The van der Waals surface area contributed by atoms with Crippen LogP contribution in [0.5, 0.6) is 0 Å². The van der Waals surface area contributed by atoms with E-state index in [1.165, 1.54) is 7.11 Å². The molecule has 1 N–H and O–H groups in total. The van der Waals surface area contributed by atoms with E-state index in [1.54, 1.807) is 13.0 Å². The smallest absolute Gasteiger partial charge is 0.328 e. The highest BCUT2D eigenvalue weighted by Gasteiger charge is 2.18. The summed E-state index contributed by atoms with van der Waals surface area (Å²) >= 11 is 0. The van der Waals surface area contributed by atoms with Gasteiger partial charge in [-0.2, -0.15) is 0 Å². The molecule has 2 aromatic rings. The lowest BCUT2D eigenvalue weighted by Crippen LogP contribution is -2.39. The van der Waals surface area contributed by atoms with Crippen LogP contribution in [0.4, 0.5) is 0 Å². The second-order valence-corrected chi connectivity index (χ2v) is 4.38. The van der Waals surface area contributed by atoms with Gasteiger partial charge in [-0.3, -0.25) is 4.79 Å². The minimum atomic E-state index is -0.670. The quantitative estimate of drug-likeness (QED) is 0.850. The fourth-order valence-electron chi connectivity index (χ4n) is 2.01. The third-order valence-corrected chi connectivity index (χ3v) is 3.07. The van der Waals surface area contributed by atoms with Gasteiger partial charge in [0.15, 0.2) is 0 Å². The number of rotatable bonds is 3. The lowest BCUT2D eigenvalue weighted by molar-refractivity contribution is -0.142. The topological polar surface area (TPSA) is 60.3 Å². The molecule has 1 aromatic carbocycles. The Kier molecular flexibility index (Phi) is 3.55. The van der Waals surface area contributed by atoms with E-state index in [9.17, 15) is 9.59 Å². The molecule has 0 saturated carbocycles. The normalized spacial score (nSPS) is 12.2. The molecule has 0 aliphatic heterocycles. The standard InChI is InChI=1S/C14H16N2O3/c1-9(14(18)19-3)15-13(17)11-5-4-6-12-10(11)7-8-16(12)2/h4-9H,1-3H3,(H,15,17). The van der Waals surface area contributed by atoms with Crippen molar-refractivity contribution >= 4 is 22.8 Å². The lowest BCUT2D eigenvalue weighted by atomic mass is 10.1. The maximum Gasteiger partial charge on any atom is 0.328 e. The Bertz CT molecular complexity index is 631. The summed E-state index contributed by atoms with van der Waals surface area (Å²) in [4.78, 5) is 23.5. The summed E-state index contributed by atoms with van der Waals surface area (Å²) in [6, 6.07) is 6.71. The van der Waals surface area contributed by atoms with Gasteiger partial charge < -0.3 is 14.6 Å². The molecule has 1 heterocycles. The minimum absolute atomic E-state index is 0.283. The predicted octanol–water partition coefficient (Wildman–Crippen LogP) is 1.47. The molecule has 100 valence electrons. The SMILES string of the molecule is COC(=O)C(C)NC(=O)c1cccc2c1ccn2C. The second-order valence-electron chi connectivity index (χ2n) is 4.38. The molecule has 19 heavy (non-hydrogen) atoms. The van der Waals surface area contributed by atoms with Gasteiger partial charge in [-0.25, -0.2) is 4.79 Å². The Hall–Kier alpha value is -2.30. The number of carbonyl (C=O) groups excluding carboxylic acids is 2. The van der Waals surface area contributed by atoms with E-state index >= 15 is 0 Å². The monoisotopic (exact) mass is 260 g/mol.